The SMILES string of the molecule is C[C@H]1CCCN(C(=O)c2cnc3c(c2)OCCN3c2ccc3c(c2)CN(C)C3=O)C1. The number of piperidine rings is 1. The number of pyridine rings is 1. The first-order valence-corrected chi connectivity index (χ1v) is 10.6. The van der Waals surface area contributed by atoms with Gasteiger partial charge in [0.1, 0.15) is 6.61 Å². The lowest BCUT2D eigenvalue weighted by Gasteiger charge is -2.32. The molecule has 30 heavy (non-hydrogen) atoms. The van der Waals surface area contributed by atoms with Gasteiger partial charge < -0.3 is 19.4 Å². The molecule has 1 atom stereocenters. The summed E-state index contributed by atoms with van der Waals surface area (Å²) in [6.45, 7) is 5.59. The number of carbonyl (C=O) groups excluding carboxylic acids is 2. The molecular weight excluding hydrogens is 380 g/mol. The number of benzene rings is 1. The van der Waals surface area contributed by atoms with Crippen LogP contribution >= 0.6 is 0 Å². The van der Waals surface area contributed by atoms with Crippen LogP contribution in [-0.2, 0) is 6.54 Å². The van der Waals surface area contributed by atoms with Crippen molar-refractivity contribution in [3.8, 4) is 5.75 Å². The van der Waals surface area contributed by atoms with Crippen LogP contribution < -0.4 is 9.64 Å². The summed E-state index contributed by atoms with van der Waals surface area (Å²) in [6, 6.07) is 7.73. The van der Waals surface area contributed by atoms with Crippen molar-refractivity contribution in [2.75, 3.05) is 38.2 Å². The average Bonchev–Trinajstić information content (AvgIpc) is 3.05. The lowest BCUT2D eigenvalue weighted by Crippen LogP contribution is -2.39. The normalized spacial score (nSPS) is 20.7. The van der Waals surface area contributed by atoms with Crippen molar-refractivity contribution in [2.24, 2.45) is 5.92 Å². The second-order valence-corrected chi connectivity index (χ2v) is 8.55. The molecule has 0 bridgehead atoms. The number of ether oxygens (including phenoxy) is 1. The highest BCUT2D eigenvalue weighted by molar-refractivity contribution is 5.99. The average molecular weight is 406 g/mol. The smallest absolute Gasteiger partial charge is 0.255 e. The summed E-state index contributed by atoms with van der Waals surface area (Å²) in [5.74, 6) is 1.96. The highest BCUT2D eigenvalue weighted by Crippen LogP contribution is 2.37. The second-order valence-electron chi connectivity index (χ2n) is 8.55. The van der Waals surface area contributed by atoms with Crippen molar-refractivity contribution >= 4 is 23.3 Å². The van der Waals surface area contributed by atoms with E-state index in [0.29, 0.717) is 42.7 Å². The van der Waals surface area contributed by atoms with Crippen molar-refractivity contribution in [3.63, 3.8) is 0 Å². The number of anilines is 2. The molecule has 1 fully saturated rings. The zero-order valence-corrected chi connectivity index (χ0v) is 17.4. The molecule has 156 valence electrons. The van der Waals surface area contributed by atoms with E-state index >= 15 is 0 Å². The van der Waals surface area contributed by atoms with Crippen LogP contribution in [0.2, 0.25) is 0 Å². The van der Waals surface area contributed by atoms with Gasteiger partial charge >= 0.3 is 0 Å². The number of amides is 2. The fraction of sp³-hybridized carbons (Fsp3) is 0.435. The Kier molecular flexibility index (Phi) is 4.60. The van der Waals surface area contributed by atoms with Gasteiger partial charge in [-0.05, 0) is 48.6 Å². The zero-order valence-electron chi connectivity index (χ0n) is 17.4. The van der Waals surface area contributed by atoms with Crippen LogP contribution in [0, 0.1) is 5.92 Å². The van der Waals surface area contributed by atoms with Crippen LogP contribution in [0.1, 0.15) is 46.0 Å². The minimum Gasteiger partial charge on any atom is -0.488 e. The maximum absolute atomic E-state index is 13.0. The van der Waals surface area contributed by atoms with Crippen molar-refractivity contribution in [1.29, 1.82) is 0 Å². The number of rotatable bonds is 2. The standard InChI is InChI=1S/C23H26N4O3/c1-15-4-3-7-26(13-15)22(28)16-11-20-21(24-12-16)27(8-9-30-20)18-5-6-19-17(10-18)14-25(2)23(19)29/h5-6,10-12,15H,3-4,7-9,13-14H2,1-2H3/t15-/m0/s1. The fourth-order valence-corrected chi connectivity index (χ4v) is 4.64. The Morgan fingerprint density at radius 3 is 2.93 bits per heavy atom. The van der Waals surface area contributed by atoms with Crippen molar-refractivity contribution in [3.05, 3.63) is 47.2 Å². The molecule has 3 aliphatic heterocycles. The Morgan fingerprint density at radius 1 is 1.23 bits per heavy atom. The number of likely N-dealkylation sites (tertiary alicyclic amines) is 1. The minimum absolute atomic E-state index is 0.0247. The molecule has 7 nitrogen and oxygen atoms in total. The van der Waals surface area contributed by atoms with Gasteiger partial charge in [0.25, 0.3) is 11.8 Å². The summed E-state index contributed by atoms with van der Waals surface area (Å²) in [5.41, 5.74) is 3.35. The van der Waals surface area contributed by atoms with Crippen LogP contribution in [0.4, 0.5) is 11.5 Å². The largest absolute Gasteiger partial charge is 0.488 e. The summed E-state index contributed by atoms with van der Waals surface area (Å²) in [4.78, 5) is 35.5. The van der Waals surface area contributed by atoms with E-state index in [9.17, 15) is 9.59 Å². The summed E-state index contributed by atoms with van der Waals surface area (Å²) < 4.78 is 5.86. The van der Waals surface area contributed by atoms with Crippen LogP contribution in [0.25, 0.3) is 0 Å². The number of hydrogen-bond acceptors (Lipinski definition) is 5. The molecule has 1 aromatic heterocycles. The van der Waals surface area contributed by atoms with E-state index in [0.717, 1.165) is 36.3 Å². The number of nitrogens with zero attached hydrogens (tertiary/aromatic N) is 4. The molecule has 2 aromatic rings. The predicted octanol–water partition coefficient (Wildman–Crippen LogP) is 3.07. The molecule has 0 aliphatic carbocycles. The Bertz CT molecular complexity index is 1020. The molecule has 5 rings (SSSR count). The Labute approximate surface area is 176 Å². The molecule has 3 aliphatic rings. The first-order chi connectivity index (χ1) is 14.5. The third-order valence-electron chi connectivity index (χ3n) is 6.24. The van der Waals surface area contributed by atoms with Crippen LogP contribution in [-0.4, -0.2) is 59.9 Å². The van der Waals surface area contributed by atoms with Crippen LogP contribution in [0.15, 0.2) is 30.5 Å². The van der Waals surface area contributed by atoms with Crippen molar-refractivity contribution in [2.45, 2.75) is 26.3 Å². The lowest BCUT2D eigenvalue weighted by atomic mass is 10.00. The first kappa shape index (κ1) is 18.9. The molecular formula is C23H26N4O3. The maximum atomic E-state index is 13.0. The zero-order chi connectivity index (χ0) is 20.8. The molecule has 0 saturated carbocycles. The maximum Gasteiger partial charge on any atom is 0.255 e. The third kappa shape index (κ3) is 3.18. The highest BCUT2D eigenvalue weighted by atomic mass is 16.5. The van der Waals surface area contributed by atoms with E-state index in [1.54, 1.807) is 11.1 Å². The topological polar surface area (TPSA) is 66.0 Å². The fourth-order valence-electron chi connectivity index (χ4n) is 4.64. The van der Waals surface area contributed by atoms with E-state index in [1.165, 1.54) is 6.42 Å². The third-order valence-corrected chi connectivity index (χ3v) is 6.24. The van der Waals surface area contributed by atoms with E-state index in [-0.39, 0.29) is 11.8 Å². The number of aromatic nitrogens is 1. The molecule has 0 spiro atoms. The Balaban J connectivity index is 1.42. The lowest BCUT2D eigenvalue weighted by molar-refractivity contribution is 0.0681. The Hall–Kier alpha value is -3.09. The van der Waals surface area contributed by atoms with Gasteiger partial charge in [0.2, 0.25) is 0 Å². The summed E-state index contributed by atoms with van der Waals surface area (Å²) in [6.07, 6.45) is 3.88. The van der Waals surface area contributed by atoms with Gasteiger partial charge in [0, 0.05) is 44.1 Å². The van der Waals surface area contributed by atoms with Crippen LogP contribution in [0.3, 0.4) is 0 Å². The van der Waals surface area contributed by atoms with Gasteiger partial charge in [0.15, 0.2) is 11.6 Å². The van der Waals surface area contributed by atoms with Gasteiger partial charge in [-0.3, -0.25) is 9.59 Å². The summed E-state index contributed by atoms with van der Waals surface area (Å²) >= 11 is 0. The van der Waals surface area contributed by atoms with Gasteiger partial charge in [0.05, 0.1) is 12.1 Å². The molecule has 0 radical (unpaired) electrons. The number of fused-ring (bicyclic) bond motifs is 2. The van der Waals surface area contributed by atoms with Gasteiger partial charge in [-0.25, -0.2) is 4.98 Å². The number of carbonyl (C=O) groups is 2. The first-order valence-electron chi connectivity index (χ1n) is 10.6. The molecule has 1 aromatic carbocycles. The van der Waals surface area contributed by atoms with E-state index in [1.807, 2.05) is 30.1 Å². The summed E-state index contributed by atoms with van der Waals surface area (Å²) in [5, 5.41) is 0. The van der Waals surface area contributed by atoms with Crippen molar-refractivity contribution in [1.82, 2.24) is 14.8 Å². The van der Waals surface area contributed by atoms with E-state index in [2.05, 4.69) is 22.9 Å². The molecule has 0 N–H and O–H groups in total. The molecule has 7 heteroatoms. The monoisotopic (exact) mass is 406 g/mol. The van der Waals surface area contributed by atoms with Gasteiger partial charge in [-0.1, -0.05) is 6.92 Å². The second kappa shape index (κ2) is 7.31. The van der Waals surface area contributed by atoms with Gasteiger partial charge in [-0.2, -0.15) is 0 Å². The highest BCUT2D eigenvalue weighted by Gasteiger charge is 2.29. The Morgan fingerprint density at radius 2 is 2.10 bits per heavy atom. The quantitative estimate of drug-likeness (QED) is 0.767. The van der Waals surface area contributed by atoms with E-state index < -0.39 is 0 Å². The summed E-state index contributed by atoms with van der Waals surface area (Å²) in [7, 11) is 1.81. The molecule has 2 amide bonds. The van der Waals surface area contributed by atoms with E-state index in [4.69, 9.17) is 4.74 Å². The van der Waals surface area contributed by atoms with Gasteiger partial charge in [-0.15, -0.1) is 0 Å². The minimum atomic E-state index is 0.0247. The number of hydrogen-bond donors (Lipinski definition) is 0. The molecule has 0 unspecified atom stereocenters. The predicted molar refractivity (Wildman–Crippen MR) is 113 cm³/mol. The van der Waals surface area contributed by atoms with Crippen LogP contribution in [0.5, 0.6) is 5.75 Å². The molecule has 1 saturated heterocycles. The van der Waals surface area contributed by atoms with Crippen molar-refractivity contribution < 1.29 is 14.3 Å². The molecule has 4 heterocycles.